The maximum atomic E-state index is 11.5. The molecule has 4 nitrogen and oxygen atoms in total. The molecule has 2 atom stereocenters. The third-order valence-corrected chi connectivity index (χ3v) is 4.71. The average Bonchev–Trinajstić information content (AvgIpc) is 2.92. The molecule has 0 bridgehead atoms. The van der Waals surface area contributed by atoms with Crippen molar-refractivity contribution in [3.8, 4) is 0 Å². The number of H-pyrrole nitrogens is 1. The molecule has 1 aliphatic heterocycles. The number of nitrogens with one attached hydrogen (secondary N) is 1. The number of aliphatic carboxylic acids is 1. The van der Waals surface area contributed by atoms with Crippen LogP contribution in [0.1, 0.15) is 28.4 Å². The Kier molecular flexibility index (Phi) is 3.20. The third-order valence-electron chi connectivity index (χ3n) is 4.71. The summed E-state index contributed by atoms with van der Waals surface area (Å²) in [5.41, 5.74) is 5.55. The topological polar surface area (TPSA) is 72.5 Å². The van der Waals surface area contributed by atoms with Crippen molar-refractivity contribution in [2.75, 3.05) is 0 Å². The fraction of sp³-hybridized carbons (Fsp3) is 0.211. The number of quaternary nitrogens is 1. The highest BCUT2D eigenvalue weighted by Crippen LogP contribution is 2.31. The molecule has 1 aromatic heterocycles. The van der Waals surface area contributed by atoms with Crippen molar-refractivity contribution in [3.63, 3.8) is 0 Å². The van der Waals surface area contributed by atoms with Gasteiger partial charge in [0.1, 0.15) is 6.04 Å². The predicted octanol–water partition coefficient (Wildman–Crippen LogP) is 0.804. The third kappa shape index (κ3) is 2.32. The summed E-state index contributed by atoms with van der Waals surface area (Å²) in [5, 5.41) is 14.5. The van der Waals surface area contributed by atoms with Gasteiger partial charge in [-0.25, -0.2) is 0 Å². The Balaban J connectivity index is 1.91. The van der Waals surface area contributed by atoms with Crippen molar-refractivity contribution in [3.05, 3.63) is 70.9 Å². The summed E-state index contributed by atoms with van der Waals surface area (Å²) < 4.78 is 0. The molecule has 23 heavy (non-hydrogen) atoms. The number of carboxylic acids is 1. The Bertz CT molecular complexity index is 897. The number of carbonyl (C=O) groups is 1. The van der Waals surface area contributed by atoms with Crippen LogP contribution in [0.3, 0.4) is 0 Å². The highest BCUT2D eigenvalue weighted by molar-refractivity contribution is 5.86. The Morgan fingerprint density at radius 2 is 2.04 bits per heavy atom. The summed E-state index contributed by atoms with van der Waals surface area (Å²) in [6.45, 7) is 2.05. The van der Waals surface area contributed by atoms with Crippen molar-refractivity contribution >= 4 is 16.9 Å². The van der Waals surface area contributed by atoms with Crippen molar-refractivity contribution < 1.29 is 15.2 Å². The first kappa shape index (κ1) is 14.0. The zero-order chi connectivity index (χ0) is 16.0. The van der Waals surface area contributed by atoms with Crippen molar-refractivity contribution in [2.24, 2.45) is 0 Å². The number of fused-ring (bicyclic) bond motifs is 3. The molecule has 4 heteroatoms. The highest BCUT2D eigenvalue weighted by Gasteiger charge is 2.34. The van der Waals surface area contributed by atoms with Crippen LogP contribution in [0.5, 0.6) is 0 Å². The van der Waals surface area contributed by atoms with E-state index in [1.807, 2.05) is 29.6 Å². The summed E-state index contributed by atoms with van der Waals surface area (Å²) in [7, 11) is 0. The van der Waals surface area contributed by atoms with Gasteiger partial charge in [0.2, 0.25) is 0 Å². The van der Waals surface area contributed by atoms with E-state index in [0.717, 1.165) is 27.7 Å². The van der Waals surface area contributed by atoms with E-state index in [-0.39, 0.29) is 6.04 Å². The van der Waals surface area contributed by atoms with Gasteiger partial charge in [-0.1, -0.05) is 42.0 Å². The van der Waals surface area contributed by atoms with Crippen LogP contribution in [0.2, 0.25) is 0 Å². The lowest BCUT2D eigenvalue weighted by Gasteiger charge is -2.29. The molecular formula is C19H18N2O2. The average molecular weight is 306 g/mol. The molecule has 3 N–H and O–H groups in total. The maximum Gasteiger partial charge on any atom is 0.153 e. The Labute approximate surface area is 134 Å². The van der Waals surface area contributed by atoms with Gasteiger partial charge in [0.25, 0.3) is 0 Å². The predicted molar refractivity (Wildman–Crippen MR) is 85.7 cm³/mol. The van der Waals surface area contributed by atoms with Crippen molar-refractivity contribution in [1.29, 1.82) is 0 Å². The number of aromatic nitrogens is 1. The molecule has 0 aliphatic carbocycles. The first-order chi connectivity index (χ1) is 11.1. The molecule has 4 rings (SSSR count). The molecule has 2 heterocycles. The fourth-order valence-electron chi connectivity index (χ4n) is 3.63. The lowest BCUT2D eigenvalue weighted by atomic mass is 9.90. The van der Waals surface area contributed by atoms with E-state index >= 15 is 0 Å². The summed E-state index contributed by atoms with van der Waals surface area (Å²) in [6, 6.07) is 15.7. The molecule has 2 aromatic carbocycles. The summed E-state index contributed by atoms with van der Waals surface area (Å²) in [6.07, 6.45) is 0.490. The van der Waals surface area contributed by atoms with E-state index in [0.29, 0.717) is 6.42 Å². The number of carbonyl (C=O) groups excluding carboxylic acids is 1. The Morgan fingerprint density at radius 3 is 2.83 bits per heavy atom. The summed E-state index contributed by atoms with van der Waals surface area (Å²) >= 11 is 0. The second kappa shape index (κ2) is 5.25. The van der Waals surface area contributed by atoms with Gasteiger partial charge in [-0.3, -0.25) is 0 Å². The molecule has 116 valence electrons. The van der Waals surface area contributed by atoms with E-state index in [9.17, 15) is 9.90 Å². The van der Waals surface area contributed by atoms with Crippen LogP contribution in [0.25, 0.3) is 10.9 Å². The van der Waals surface area contributed by atoms with Gasteiger partial charge in [-0.05, 0) is 24.6 Å². The lowest BCUT2D eigenvalue weighted by Crippen LogP contribution is -2.95. The van der Waals surface area contributed by atoms with Crippen LogP contribution in [0, 0.1) is 6.92 Å². The van der Waals surface area contributed by atoms with Crippen LogP contribution >= 0.6 is 0 Å². The fourth-order valence-corrected chi connectivity index (χ4v) is 3.63. The number of nitrogens with two attached hydrogens (primary N) is 1. The van der Waals surface area contributed by atoms with E-state index in [4.69, 9.17) is 0 Å². The number of aromatic amines is 1. The van der Waals surface area contributed by atoms with E-state index in [2.05, 4.69) is 36.2 Å². The molecule has 0 amide bonds. The van der Waals surface area contributed by atoms with Crippen LogP contribution in [-0.4, -0.2) is 17.0 Å². The van der Waals surface area contributed by atoms with Crippen LogP contribution in [-0.2, 0) is 11.2 Å². The second-order valence-electron chi connectivity index (χ2n) is 6.28. The lowest BCUT2D eigenvalue weighted by molar-refractivity contribution is -0.717. The minimum atomic E-state index is -1.00. The Morgan fingerprint density at radius 1 is 1.22 bits per heavy atom. The van der Waals surface area contributed by atoms with Crippen LogP contribution in [0.4, 0.5) is 0 Å². The quantitative estimate of drug-likeness (QED) is 0.735. The van der Waals surface area contributed by atoms with Gasteiger partial charge in [-0.15, -0.1) is 0 Å². The largest absolute Gasteiger partial charge is 0.544 e. The van der Waals surface area contributed by atoms with Gasteiger partial charge in [0.15, 0.2) is 6.04 Å². The molecule has 1 aliphatic rings. The molecular weight excluding hydrogens is 288 g/mol. The van der Waals surface area contributed by atoms with Gasteiger partial charge in [-0.2, -0.15) is 0 Å². The molecule has 0 saturated carbocycles. The van der Waals surface area contributed by atoms with Gasteiger partial charge in [0, 0.05) is 22.9 Å². The van der Waals surface area contributed by atoms with E-state index in [1.165, 1.54) is 5.56 Å². The zero-order valence-electron chi connectivity index (χ0n) is 12.9. The smallest absolute Gasteiger partial charge is 0.153 e. The number of carboxylic acid groups (broad SMARTS) is 1. The SMILES string of the molecule is Cc1cccc([C@@H]2[NH2+][C@@H](C(=O)[O-])Cc3c2[nH]c2ccccc32)c1. The van der Waals surface area contributed by atoms with Gasteiger partial charge >= 0.3 is 0 Å². The van der Waals surface area contributed by atoms with E-state index in [1.54, 1.807) is 0 Å². The number of hydrogen-bond acceptors (Lipinski definition) is 2. The first-order valence-corrected chi connectivity index (χ1v) is 7.85. The molecule has 3 aromatic rings. The molecule has 0 saturated heterocycles. The monoisotopic (exact) mass is 306 g/mol. The first-order valence-electron chi connectivity index (χ1n) is 7.85. The zero-order valence-corrected chi connectivity index (χ0v) is 12.9. The van der Waals surface area contributed by atoms with E-state index < -0.39 is 12.0 Å². The standard InChI is InChI=1S/C19H18N2O2/c1-11-5-4-6-12(9-11)17-18-14(10-16(21-17)19(22)23)13-7-2-3-8-15(13)20-18/h2-9,16-17,20-21H,10H2,1H3,(H,22,23)/t16-,17+/m1/s1. The van der Waals surface area contributed by atoms with Crippen molar-refractivity contribution in [1.82, 2.24) is 4.98 Å². The number of aryl methyl sites for hydroxylation is 1. The molecule has 0 fully saturated rings. The summed E-state index contributed by atoms with van der Waals surface area (Å²) in [5.74, 6) is -1.00. The number of hydrogen-bond donors (Lipinski definition) is 2. The maximum absolute atomic E-state index is 11.5. The van der Waals surface area contributed by atoms with Crippen LogP contribution in [0.15, 0.2) is 48.5 Å². The minimum absolute atomic E-state index is 0.0473. The normalized spacial score (nSPS) is 20.4. The van der Waals surface area contributed by atoms with Crippen molar-refractivity contribution in [2.45, 2.75) is 25.4 Å². The summed E-state index contributed by atoms with van der Waals surface area (Å²) in [4.78, 5) is 15.0. The second-order valence-corrected chi connectivity index (χ2v) is 6.28. The van der Waals surface area contributed by atoms with Gasteiger partial charge < -0.3 is 20.2 Å². The number of para-hydroxylation sites is 1. The minimum Gasteiger partial charge on any atom is -0.544 e. The molecule has 0 radical (unpaired) electrons. The molecule has 0 spiro atoms. The Hall–Kier alpha value is -2.59. The van der Waals surface area contributed by atoms with Crippen LogP contribution < -0.4 is 10.4 Å². The van der Waals surface area contributed by atoms with Gasteiger partial charge in [0.05, 0.1) is 11.7 Å². The number of rotatable bonds is 2. The molecule has 0 unspecified atom stereocenters. The highest BCUT2D eigenvalue weighted by atomic mass is 16.4. The number of benzene rings is 2.